The van der Waals surface area contributed by atoms with Gasteiger partial charge in [0, 0.05) is 7.05 Å². The second-order valence-corrected chi connectivity index (χ2v) is 4.37. The van der Waals surface area contributed by atoms with Crippen molar-refractivity contribution in [2.75, 3.05) is 21.3 Å². The SMILES string of the molecule is CNC(=O)C(=O)N/N=C\c1cc(Br)c(OC)c(OC)c1. The molecule has 1 rings (SSSR count). The Balaban J connectivity index is 2.86. The molecule has 2 N–H and O–H groups in total. The van der Waals surface area contributed by atoms with Crippen molar-refractivity contribution in [3.63, 3.8) is 0 Å². The average Bonchev–Trinajstić information content (AvgIpc) is 2.45. The van der Waals surface area contributed by atoms with E-state index in [0.717, 1.165) is 0 Å². The quantitative estimate of drug-likeness (QED) is 0.477. The molecule has 2 amide bonds. The molecule has 0 aromatic heterocycles. The van der Waals surface area contributed by atoms with Gasteiger partial charge in [-0.1, -0.05) is 0 Å². The first-order valence-corrected chi connectivity index (χ1v) is 6.29. The molecule has 0 fully saturated rings. The fourth-order valence-corrected chi connectivity index (χ4v) is 1.96. The zero-order chi connectivity index (χ0) is 15.1. The van der Waals surface area contributed by atoms with E-state index in [0.29, 0.717) is 21.5 Å². The number of likely N-dealkylation sites (N-methyl/N-ethyl adjacent to an activating group) is 1. The summed E-state index contributed by atoms with van der Waals surface area (Å²) in [5.74, 6) is -0.543. The molecule has 0 unspecified atom stereocenters. The number of hydrogen-bond donors (Lipinski definition) is 2. The monoisotopic (exact) mass is 343 g/mol. The number of carbonyl (C=O) groups is 2. The minimum Gasteiger partial charge on any atom is -0.493 e. The van der Waals surface area contributed by atoms with Crippen LogP contribution in [0.1, 0.15) is 5.56 Å². The number of carbonyl (C=O) groups excluding carboxylic acids is 2. The van der Waals surface area contributed by atoms with Crippen molar-refractivity contribution in [1.82, 2.24) is 10.7 Å². The number of amides is 2. The van der Waals surface area contributed by atoms with E-state index in [4.69, 9.17) is 9.47 Å². The standard InChI is InChI=1S/C12H14BrN3O4/c1-14-11(17)12(18)16-15-6-7-4-8(13)10(20-3)9(5-7)19-2/h4-6H,1-3H3,(H,14,17)(H,16,18)/b15-6-. The van der Waals surface area contributed by atoms with Gasteiger partial charge >= 0.3 is 11.8 Å². The lowest BCUT2D eigenvalue weighted by molar-refractivity contribution is -0.138. The van der Waals surface area contributed by atoms with Crippen LogP contribution in [0.25, 0.3) is 0 Å². The normalized spacial score (nSPS) is 10.2. The predicted octanol–water partition coefficient (Wildman–Crippen LogP) is 0.662. The van der Waals surface area contributed by atoms with E-state index in [1.165, 1.54) is 27.5 Å². The minimum absolute atomic E-state index is 0.515. The predicted molar refractivity (Wildman–Crippen MR) is 77.0 cm³/mol. The number of halogens is 1. The molecule has 0 aliphatic heterocycles. The number of nitrogens with one attached hydrogen (secondary N) is 2. The van der Waals surface area contributed by atoms with Gasteiger partial charge in [0.1, 0.15) is 0 Å². The molecule has 0 aliphatic rings. The van der Waals surface area contributed by atoms with Gasteiger partial charge < -0.3 is 14.8 Å². The Hall–Kier alpha value is -2.09. The van der Waals surface area contributed by atoms with E-state index < -0.39 is 11.8 Å². The van der Waals surface area contributed by atoms with Gasteiger partial charge in [-0.2, -0.15) is 5.10 Å². The molecule has 0 spiro atoms. The second kappa shape index (κ2) is 7.49. The third-order valence-electron chi connectivity index (χ3n) is 2.27. The summed E-state index contributed by atoms with van der Waals surface area (Å²) in [6, 6.07) is 3.41. The van der Waals surface area contributed by atoms with E-state index >= 15 is 0 Å². The summed E-state index contributed by atoms with van der Waals surface area (Å²) in [5, 5.41) is 5.87. The highest BCUT2D eigenvalue weighted by molar-refractivity contribution is 9.10. The van der Waals surface area contributed by atoms with Gasteiger partial charge in [0.25, 0.3) is 0 Å². The van der Waals surface area contributed by atoms with Crippen LogP contribution >= 0.6 is 15.9 Å². The summed E-state index contributed by atoms with van der Waals surface area (Å²) in [7, 11) is 4.40. The Labute approximate surface area is 124 Å². The summed E-state index contributed by atoms with van der Waals surface area (Å²) in [6.07, 6.45) is 1.38. The third-order valence-corrected chi connectivity index (χ3v) is 2.86. The molecule has 0 radical (unpaired) electrons. The average molecular weight is 344 g/mol. The molecule has 1 aromatic rings. The van der Waals surface area contributed by atoms with E-state index in [2.05, 4.69) is 31.8 Å². The van der Waals surface area contributed by atoms with Crippen molar-refractivity contribution < 1.29 is 19.1 Å². The van der Waals surface area contributed by atoms with E-state index in [1.54, 1.807) is 12.1 Å². The molecule has 0 aliphatic carbocycles. The number of methoxy groups -OCH3 is 2. The van der Waals surface area contributed by atoms with E-state index in [1.807, 2.05) is 0 Å². The van der Waals surface area contributed by atoms with Crippen molar-refractivity contribution in [1.29, 1.82) is 0 Å². The van der Waals surface area contributed by atoms with E-state index in [9.17, 15) is 9.59 Å². The van der Waals surface area contributed by atoms with Crippen LogP contribution in [0.4, 0.5) is 0 Å². The fraction of sp³-hybridized carbons (Fsp3) is 0.250. The van der Waals surface area contributed by atoms with Crippen LogP contribution in [-0.2, 0) is 9.59 Å². The molecule has 108 valence electrons. The lowest BCUT2D eigenvalue weighted by Gasteiger charge is -2.10. The fourth-order valence-electron chi connectivity index (χ4n) is 1.34. The molecule has 7 nitrogen and oxygen atoms in total. The Morgan fingerprint density at radius 3 is 2.50 bits per heavy atom. The van der Waals surface area contributed by atoms with Gasteiger partial charge in [-0.25, -0.2) is 5.43 Å². The third kappa shape index (κ3) is 3.95. The van der Waals surface area contributed by atoms with Crippen molar-refractivity contribution >= 4 is 34.0 Å². The van der Waals surface area contributed by atoms with Gasteiger partial charge in [-0.3, -0.25) is 9.59 Å². The highest BCUT2D eigenvalue weighted by Crippen LogP contribution is 2.35. The first-order valence-electron chi connectivity index (χ1n) is 5.50. The zero-order valence-corrected chi connectivity index (χ0v) is 12.8. The maximum atomic E-state index is 11.2. The van der Waals surface area contributed by atoms with Crippen molar-refractivity contribution in [3.8, 4) is 11.5 Å². The van der Waals surface area contributed by atoms with Crippen LogP contribution in [-0.4, -0.2) is 39.3 Å². The first-order chi connectivity index (χ1) is 9.53. The highest BCUT2D eigenvalue weighted by atomic mass is 79.9. The number of benzene rings is 1. The van der Waals surface area contributed by atoms with E-state index in [-0.39, 0.29) is 0 Å². The molecule has 8 heteroatoms. The first kappa shape index (κ1) is 16.0. The molecular weight excluding hydrogens is 330 g/mol. The Bertz CT molecular complexity index is 546. The Morgan fingerprint density at radius 2 is 1.95 bits per heavy atom. The van der Waals surface area contributed by atoms with Crippen molar-refractivity contribution in [2.45, 2.75) is 0 Å². The molecule has 0 bridgehead atoms. The Kier molecular flexibility index (Phi) is 5.98. The molecule has 20 heavy (non-hydrogen) atoms. The molecule has 1 aromatic carbocycles. The highest BCUT2D eigenvalue weighted by Gasteiger charge is 2.11. The second-order valence-electron chi connectivity index (χ2n) is 3.52. The number of hydrazone groups is 1. The van der Waals surface area contributed by atoms with Crippen LogP contribution in [0.15, 0.2) is 21.7 Å². The summed E-state index contributed by atoms with van der Waals surface area (Å²) < 4.78 is 11.0. The molecule has 0 atom stereocenters. The van der Waals surface area contributed by atoms with Gasteiger partial charge in [0.15, 0.2) is 11.5 Å². The van der Waals surface area contributed by atoms with Crippen molar-refractivity contribution in [2.24, 2.45) is 5.10 Å². The molecular formula is C12H14BrN3O4. The largest absolute Gasteiger partial charge is 0.493 e. The summed E-state index contributed by atoms with van der Waals surface area (Å²) >= 11 is 3.34. The lowest BCUT2D eigenvalue weighted by Crippen LogP contribution is -2.35. The number of hydrogen-bond acceptors (Lipinski definition) is 5. The topological polar surface area (TPSA) is 89.0 Å². The summed E-state index contributed by atoms with van der Waals surface area (Å²) in [5.41, 5.74) is 2.76. The molecule has 0 saturated carbocycles. The van der Waals surface area contributed by atoms with Gasteiger partial charge in [-0.05, 0) is 33.6 Å². The lowest BCUT2D eigenvalue weighted by atomic mass is 10.2. The number of rotatable bonds is 4. The van der Waals surface area contributed by atoms with Crippen LogP contribution < -0.4 is 20.2 Å². The molecule has 0 saturated heterocycles. The van der Waals surface area contributed by atoms with Gasteiger partial charge in [0.05, 0.1) is 24.9 Å². The van der Waals surface area contributed by atoms with Crippen LogP contribution in [0.3, 0.4) is 0 Å². The van der Waals surface area contributed by atoms with Gasteiger partial charge in [-0.15, -0.1) is 0 Å². The Morgan fingerprint density at radius 1 is 1.25 bits per heavy atom. The maximum absolute atomic E-state index is 11.2. The molecule has 0 heterocycles. The smallest absolute Gasteiger partial charge is 0.329 e. The summed E-state index contributed by atoms with van der Waals surface area (Å²) in [6.45, 7) is 0. The van der Waals surface area contributed by atoms with Crippen LogP contribution in [0, 0.1) is 0 Å². The summed E-state index contributed by atoms with van der Waals surface area (Å²) in [4.78, 5) is 22.1. The zero-order valence-electron chi connectivity index (χ0n) is 11.2. The minimum atomic E-state index is -0.844. The number of ether oxygens (including phenoxy) is 2. The van der Waals surface area contributed by atoms with Crippen LogP contribution in [0.2, 0.25) is 0 Å². The van der Waals surface area contributed by atoms with Crippen molar-refractivity contribution in [3.05, 3.63) is 22.2 Å². The maximum Gasteiger partial charge on any atom is 0.329 e. The van der Waals surface area contributed by atoms with Gasteiger partial charge in [0.2, 0.25) is 0 Å². The number of nitrogens with zero attached hydrogens (tertiary/aromatic N) is 1. The van der Waals surface area contributed by atoms with Crippen LogP contribution in [0.5, 0.6) is 11.5 Å².